The molecule has 25 heavy (non-hydrogen) atoms. The van der Waals surface area contributed by atoms with E-state index >= 15 is 0 Å². The number of phenols is 1. The maximum absolute atomic E-state index is 11.1. The summed E-state index contributed by atoms with van der Waals surface area (Å²) in [7, 11) is 0. The first-order chi connectivity index (χ1) is 11.9. The van der Waals surface area contributed by atoms with Gasteiger partial charge in [-0.3, -0.25) is 0 Å². The molecule has 0 aliphatic carbocycles. The van der Waals surface area contributed by atoms with Crippen LogP contribution in [0.15, 0.2) is 48.5 Å². The Balaban J connectivity index is 1.77. The van der Waals surface area contributed by atoms with Crippen molar-refractivity contribution in [2.75, 3.05) is 13.2 Å². The van der Waals surface area contributed by atoms with E-state index in [-0.39, 0.29) is 5.75 Å². The Morgan fingerprint density at radius 2 is 1.52 bits per heavy atom. The fraction of sp³-hybridized carbons (Fsp3) is 0.316. The highest BCUT2D eigenvalue weighted by atomic mass is 16.5. The van der Waals surface area contributed by atoms with Crippen LogP contribution in [0.5, 0.6) is 23.0 Å². The Hall–Kier alpha value is -2.89. The molecule has 0 saturated carbocycles. The number of rotatable bonds is 9. The van der Waals surface area contributed by atoms with Crippen LogP contribution in [0.2, 0.25) is 0 Å². The number of aromatic hydroxyl groups is 1. The van der Waals surface area contributed by atoms with Crippen LogP contribution in [0.1, 0.15) is 20.3 Å². The molecule has 0 amide bonds. The molecule has 0 spiro atoms. The lowest BCUT2D eigenvalue weighted by Gasteiger charge is -2.21. The largest absolute Gasteiger partial charge is 0.508 e. The summed E-state index contributed by atoms with van der Waals surface area (Å²) in [4.78, 5) is 11.1. The monoisotopic (exact) mass is 346 g/mol. The van der Waals surface area contributed by atoms with Crippen molar-refractivity contribution < 1.29 is 29.2 Å². The molecule has 134 valence electrons. The molecular formula is C19H22O6. The molecule has 0 aromatic heterocycles. The topological polar surface area (TPSA) is 85.2 Å². The zero-order chi connectivity index (χ0) is 18.3. The van der Waals surface area contributed by atoms with Gasteiger partial charge in [0.2, 0.25) is 0 Å². The third-order valence-corrected chi connectivity index (χ3v) is 3.34. The highest BCUT2D eigenvalue weighted by Crippen LogP contribution is 2.24. The van der Waals surface area contributed by atoms with E-state index in [1.165, 1.54) is 13.8 Å². The third kappa shape index (κ3) is 5.91. The van der Waals surface area contributed by atoms with Crippen LogP contribution in [0.25, 0.3) is 0 Å². The highest BCUT2D eigenvalue weighted by Gasteiger charge is 2.29. The van der Waals surface area contributed by atoms with Gasteiger partial charge in [-0.2, -0.15) is 0 Å². The molecule has 2 aromatic carbocycles. The van der Waals surface area contributed by atoms with Crippen LogP contribution in [0.3, 0.4) is 0 Å². The highest BCUT2D eigenvalue weighted by molar-refractivity contribution is 5.76. The number of carboxylic acids is 1. The minimum absolute atomic E-state index is 0.162. The molecular weight excluding hydrogens is 324 g/mol. The molecule has 0 atom stereocenters. The van der Waals surface area contributed by atoms with Crippen LogP contribution < -0.4 is 14.2 Å². The maximum Gasteiger partial charge on any atom is 0.347 e. The molecule has 0 aliphatic rings. The van der Waals surface area contributed by atoms with Gasteiger partial charge >= 0.3 is 5.97 Å². The molecule has 0 radical (unpaired) electrons. The number of phenolic OH excluding ortho intramolecular Hbond substituents is 1. The number of carboxylic acid groups (broad SMARTS) is 1. The standard InChI is InChI=1S/C19H22O6/c1-19(2,18(21)22)25-17-9-4-8-16(13-17)24-11-5-10-23-15-7-3-6-14(20)12-15/h3-4,6-9,12-13,20H,5,10-11H2,1-2H3,(H,21,22). The van der Waals surface area contributed by atoms with Crippen molar-refractivity contribution in [1.82, 2.24) is 0 Å². The summed E-state index contributed by atoms with van der Waals surface area (Å²) < 4.78 is 16.6. The number of hydrogen-bond acceptors (Lipinski definition) is 5. The van der Waals surface area contributed by atoms with Gasteiger partial charge in [-0.05, 0) is 38.1 Å². The van der Waals surface area contributed by atoms with Crippen molar-refractivity contribution in [2.24, 2.45) is 0 Å². The van der Waals surface area contributed by atoms with E-state index < -0.39 is 11.6 Å². The predicted octanol–water partition coefficient (Wildman–Crippen LogP) is 3.48. The van der Waals surface area contributed by atoms with E-state index in [0.29, 0.717) is 36.9 Å². The Kier molecular flexibility index (Phi) is 6.11. The molecule has 0 bridgehead atoms. The van der Waals surface area contributed by atoms with Crippen LogP contribution in [0, 0.1) is 0 Å². The van der Waals surface area contributed by atoms with Crippen LogP contribution in [0.4, 0.5) is 0 Å². The zero-order valence-electron chi connectivity index (χ0n) is 14.3. The molecule has 6 heteroatoms. The third-order valence-electron chi connectivity index (χ3n) is 3.34. The second-order valence-electron chi connectivity index (χ2n) is 5.94. The van der Waals surface area contributed by atoms with Gasteiger partial charge in [0.15, 0.2) is 5.60 Å². The second kappa shape index (κ2) is 8.28. The van der Waals surface area contributed by atoms with Crippen LogP contribution in [-0.2, 0) is 4.79 Å². The molecule has 0 fully saturated rings. The van der Waals surface area contributed by atoms with E-state index in [1.54, 1.807) is 48.5 Å². The maximum atomic E-state index is 11.1. The van der Waals surface area contributed by atoms with Gasteiger partial charge in [-0.1, -0.05) is 12.1 Å². The lowest BCUT2D eigenvalue weighted by Crippen LogP contribution is -2.37. The number of aliphatic carboxylic acids is 1. The number of carbonyl (C=O) groups is 1. The summed E-state index contributed by atoms with van der Waals surface area (Å²) in [5, 5.41) is 18.4. The van der Waals surface area contributed by atoms with E-state index in [9.17, 15) is 9.90 Å². The van der Waals surface area contributed by atoms with Gasteiger partial charge in [0.1, 0.15) is 23.0 Å². The summed E-state index contributed by atoms with van der Waals surface area (Å²) in [6.07, 6.45) is 0.654. The van der Waals surface area contributed by atoms with Gasteiger partial charge < -0.3 is 24.4 Å². The fourth-order valence-corrected chi connectivity index (χ4v) is 1.98. The van der Waals surface area contributed by atoms with Gasteiger partial charge in [0.25, 0.3) is 0 Å². The van der Waals surface area contributed by atoms with Gasteiger partial charge in [0.05, 0.1) is 13.2 Å². The first-order valence-corrected chi connectivity index (χ1v) is 7.94. The Morgan fingerprint density at radius 3 is 2.12 bits per heavy atom. The summed E-state index contributed by atoms with van der Waals surface area (Å²) in [6, 6.07) is 13.5. The second-order valence-corrected chi connectivity index (χ2v) is 5.94. The molecule has 0 unspecified atom stereocenters. The quantitative estimate of drug-likeness (QED) is 0.676. The molecule has 2 aromatic rings. The van der Waals surface area contributed by atoms with Crippen LogP contribution in [-0.4, -0.2) is 35.0 Å². The normalized spacial score (nSPS) is 11.0. The Morgan fingerprint density at radius 1 is 0.960 bits per heavy atom. The molecule has 0 aliphatic heterocycles. The molecule has 0 saturated heterocycles. The van der Waals surface area contributed by atoms with Crippen molar-refractivity contribution in [3.8, 4) is 23.0 Å². The zero-order valence-corrected chi connectivity index (χ0v) is 14.3. The fourth-order valence-electron chi connectivity index (χ4n) is 1.98. The summed E-state index contributed by atoms with van der Waals surface area (Å²) in [5.41, 5.74) is -1.31. The Bertz CT molecular complexity index is 711. The summed E-state index contributed by atoms with van der Waals surface area (Å²) in [6.45, 7) is 3.86. The van der Waals surface area contributed by atoms with Crippen molar-refractivity contribution in [1.29, 1.82) is 0 Å². The van der Waals surface area contributed by atoms with Gasteiger partial charge in [0, 0.05) is 18.6 Å². The number of ether oxygens (including phenoxy) is 3. The van der Waals surface area contributed by atoms with Crippen LogP contribution >= 0.6 is 0 Å². The van der Waals surface area contributed by atoms with Crippen molar-refractivity contribution in [2.45, 2.75) is 25.9 Å². The lowest BCUT2D eigenvalue weighted by atomic mass is 10.1. The Labute approximate surface area is 146 Å². The smallest absolute Gasteiger partial charge is 0.347 e. The van der Waals surface area contributed by atoms with Crippen molar-refractivity contribution in [3.05, 3.63) is 48.5 Å². The predicted molar refractivity (Wildman–Crippen MR) is 92.5 cm³/mol. The minimum Gasteiger partial charge on any atom is -0.508 e. The van der Waals surface area contributed by atoms with E-state index in [1.807, 2.05) is 0 Å². The average molecular weight is 346 g/mol. The van der Waals surface area contributed by atoms with E-state index in [2.05, 4.69) is 0 Å². The first kappa shape index (κ1) is 18.4. The lowest BCUT2D eigenvalue weighted by molar-refractivity contribution is -0.152. The molecule has 0 heterocycles. The van der Waals surface area contributed by atoms with E-state index in [0.717, 1.165) is 0 Å². The number of benzene rings is 2. The van der Waals surface area contributed by atoms with Crippen molar-refractivity contribution >= 4 is 5.97 Å². The SMILES string of the molecule is CC(C)(Oc1cccc(OCCCOc2cccc(O)c2)c1)C(=O)O. The molecule has 2 rings (SSSR count). The molecule has 6 nitrogen and oxygen atoms in total. The van der Waals surface area contributed by atoms with Crippen molar-refractivity contribution in [3.63, 3.8) is 0 Å². The first-order valence-electron chi connectivity index (χ1n) is 7.94. The molecule has 2 N–H and O–H groups in total. The minimum atomic E-state index is -1.31. The number of hydrogen-bond donors (Lipinski definition) is 2. The summed E-state index contributed by atoms with van der Waals surface area (Å²) >= 11 is 0. The van der Waals surface area contributed by atoms with Gasteiger partial charge in [-0.15, -0.1) is 0 Å². The average Bonchev–Trinajstić information content (AvgIpc) is 2.54. The van der Waals surface area contributed by atoms with Gasteiger partial charge in [-0.25, -0.2) is 4.79 Å². The van der Waals surface area contributed by atoms with E-state index in [4.69, 9.17) is 19.3 Å². The summed E-state index contributed by atoms with van der Waals surface area (Å²) in [5.74, 6) is 0.751.